The average molecular weight is 340 g/mol. The smallest absolute Gasteiger partial charge is 0.248 e. The topological polar surface area (TPSA) is 58.2 Å². The molecule has 0 saturated heterocycles. The molecular formula is C20H21FN2O2. The Kier molecular flexibility index (Phi) is 6.46. The van der Waals surface area contributed by atoms with Crippen molar-refractivity contribution in [3.05, 3.63) is 71.6 Å². The summed E-state index contributed by atoms with van der Waals surface area (Å²) in [6, 6.07) is 13.1. The Morgan fingerprint density at radius 1 is 1.04 bits per heavy atom. The van der Waals surface area contributed by atoms with Gasteiger partial charge in [-0.05, 0) is 55.3 Å². The van der Waals surface area contributed by atoms with Gasteiger partial charge in [0.25, 0.3) is 0 Å². The maximum Gasteiger partial charge on any atom is 0.248 e. The van der Waals surface area contributed by atoms with Gasteiger partial charge in [-0.15, -0.1) is 0 Å². The molecule has 0 unspecified atom stereocenters. The monoisotopic (exact) mass is 340 g/mol. The lowest BCUT2D eigenvalue weighted by Crippen LogP contribution is -2.31. The molecule has 0 aromatic heterocycles. The van der Waals surface area contributed by atoms with Gasteiger partial charge in [-0.25, -0.2) is 4.39 Å². The zero-order valence-electron chi connectivity index (χ0n) is 14.3. The first-order chi connectivity index (χ1) is 11.9. The number of halogens is 1. The highest BCUT2D eigenvalue weighted by Crippen LogP contribution is 2.11. The number of nitrogens with one attached hydrogen (secondary N) is 2. The molecule has 0 aliphatic rings. The number of amides is 2. The van der Waals surface area contributed by atoms with Crippen molar-refractivity contribution in [1.82, 2.24) is 5.32 Å². The van der Waals surface area contributed by atoms with Gasteiger partial charge in [0.15, 0.2) is 0 Å². The lowest BCUT2D eigenvalue weighted by molar-refractivity contribution is -0.121. The number of carbonyl (C=O) groups excluding carboxylic acids is 2. The molecule has 0 heterocycles. The Morgan fingerprint density at radius 2 is 1.68 bits per heavy atom. The van der Waals surface area contributed by atoms with Gasteiger partial charge in [0.2, 0.25) is 11.8 Å². The maximum absolute atomic E-state index is 12.8. The van der Waals surface area contributed by atoms with E-state index in [0.717, 1.165) is 11.1 Å². The fraction of sp³-hybridized carbons (Fsp3) is 0.200. The van der Waals surface area contributed by atoms with Crippen LogP contribution in [0.3, 0.4) is 0 Å². The summed E-state index contributed by atoms with van der Waals surface area (Å²) in [5, 5.41) is 5.57. The summed E-state index contributed by atoms with van der Waals surface area (Å²) in [5.74, 6) is -0.632. The zero-order valence-corrected chi connectivity index (χ0v) is 14.3. The summed E-state index contributed by atoms with van der Waals surface area (Å²) in [5.41, 5.74) is 2.25. The SMILES string of the molecule is CC(C)NC(=O)Cc1ccc(NC(=O)/C=C/c2ccc(F)cc2)cc1. The number of hydrogen-bond acceptors (Lipinski definition) is 2. The molecule has 0 spiro atoms. The van der Waals surface area contributed by atoms with Crippen LogP contribution in [0, 0.1) is 5.82 Å². The Labute approximate surface area is 146 Å². The van der Waals surface area contributed by atoms with Crippen LogP contribution in [-0.4, -0.2) is 17.9 Å². The third-order valence-corrected chi connectivity index (χ3v) is 3.33. The van der Waals surface area contributed by atoms with Crippen molar-refractivity contribution in [2.45, 2.75) is 26.3 Å². The molecular weight excluding hydrogens is 319 g/mol. The number of carbonyl (C=O) groups is 2. The Balaban J connectivity index is 1.88. The van der Waals surface area contributed by atoms with Crippen molar-refractivity contribution >= 4 is 23.6 Å². The second kappa shape index (κ2) is 8.78. The normalized spacial score (nSPS) is 10.9. The van der Waals surface area contributed by atoms with Crippen LogP contribution in [0.1, 0.15) is 25.0 Å². The van der Waals surface area contributed by atoms with Gasteiger partial charge in [0.05, 0.1) is 6.42 Å². The van der Waals surface area contributed by atoms with Crippen molar-refractivity contribution in [2.24, 2.45) is 0 Å². The maximum atomic E-state index is 12.8. The second-order valence-corrected chi connectivity index (χ2v) is 5.97. The molecule has 2 amide bonds. The minimum atomic E-state index is -0.316. The first-order valence-corrected chi connectivity index (χ1v) is 8.05. The van der Waals surface area contributed by atoms with E-state index in [9.17, 15) is 14.0 Å². The molecule has 2 aromatic rings. The molecule has 0 aliphatic heterocycles. The summed E-state index contributed by atoms with van der Waals surface area (Å²) in [4.78, 5) is 23.6. The van der Waals surface area contributed by atoms with E-state index in [0.29, 0.717) is 12.1 Å². The van der Waals surface area contributed by atoms with Crippen molar-refractivity contribution in [3.63, 3.8) is 0 Å². The minimum Gasteiger partial charge on any atom is -0.354 e. The van der Waals surface area contributed by atoms with Crippen LogP contribution in [0.15, 0.2) is 54.6 Å². The quantitative estimate of drug-likeness (QED) is 0.790. The predicted octanol–water partition coefficient (Wildman–Crippen LogP) is 3.54. The van der Waals surface area contributed by atoms with Crippen LogP contribution in [-0.2, 0) is 16.0 Å². The highest BCUT2D eigenvalue weighted by Gasteiger charge is 2.05. The molecule has 2 aromatic carbocycles. The van der Waals surface area contributed by atoms with E-state index >= 15 is 0 Å². The largest absolute Gasteiger partial charge is 0.354 e. The molecule has 2 rings (SSSR count). The molecule has 0 aliphatic carbocycles. The number of anilines is 1. The zero-order chi connectivity index (χ0) is 18.2. The van der Waals surface area contributed by atoms with Gasteiger partial charge >= 0.3 is 0 Å². The molecule has 0 bridgehead atoms. The van der Waals surface area contributed by atoms with Crippen molar-refractivity contribution in [1.29, 1.82) is 0 Å². The highest BCUT2D eigenvalue weighted by molar-refractivity contribution is 6.01. The molecule has 0 atom stereocenters. The Bertz CT molecular complexity index is 750. The van der Waals surface area contributed by atoms with Crippen molar-refractivity contribution < 1.29 is 14.0 Å². The van der Waals surface area contributed by atoms with E-state index in [1.54, 1.807) is 42.5 Å². The molecule has 130 valence electrons. The number of hydrogen-bond donors (Lipinski definition) is 2. The van der Waals surface area contributed by atoms with Crippen LogP contribution in [0.2, 0.25) is 0 Å². The summed E-state index contributed by atoms with van der Waals surface area (Å²) < 4.78 is 12.8. The van der Waals surface area contributed by atoms with Crippen LogP contribution in [0.5, 0.6) is 0 Å². The lowest BCUT2D eigenvalue weighted by atomic mass is 10.1. The summed E-state index contributed by atoms with van der Waals surface area (Å²) in [7, 11) is 0. The van der Waals surface area contributed by atoms with E-state index in [1.165, 1.54) is 18.2 Å². The van der Waals surface area contributed by atoms with Crippen molar-refractivity contribution in [3.8, 4) is 0 Å². The van der Waals surface area contributed by atoms with Gasteiger partial charge in [0, 0.05) is 17.8 Å². The lowest BCUT2D eigenvalue weighted by Gasteiger charge is -2.08. The third kappa shape index (κ3) is 6.59. The van der Waals surface area contributed by atoms with Gasteiger partial charge in [-0.1, -0.05) is 24.3 Å². The van der Waals surface area contributed by atoms with Crippen LogP contribution >= 0.6 is 0 Å². The third-order valence-electron chi connectivity index (χ3n) is 3.33. The highest BCUT2D eigenvalue weighted by atomic mass is 19.1. The van der Waals surface area contributed by atoms with E-state index in [-0.39, 0.29) is 23.7 Å². The summed E-state index contributed by atoms with van der Waals surface area (Å²) in [6.07, 6.45) is 3.30. The predicted molar refractivity (Wildman–Crippen MR) is 97.5 cm³/mol. The van der Waals surface area contributed by atoms with Gasteiger partial charge < -0.3 is 10.6 Å². The van der Waals surface area contributed by atoms with Crippen LogP contribution in [0.4, 0.5) is 10.1 Å². The first-order valence-electron chi connectivity index (χ1n) is 8.05. The molecule has 0 radical (unpaired) electrons. The average Bonchev–Trinajstić information content (AvgIpc) is 2.55. The van der Waals surface area contributed by atoms with Crippen LogP contribution < -0.4 is 10.6 Å². The standard InChI is InChI=1S/C20H21FN2O2/c1-14(2)22-20(25)13-16-5-10-18(11-6-16)23-19(24)12-7-15-3-8-17(21)9-4-15/h3-12,14H,13H2,1-2H3,(H,22,25)(H,23,24)/b12-7+. The summed E-state index contributed by atoms with van der Waals surface area (Å²) >= 11 is 0. The fourth-order valence-electron chi connectivity index (χ4n) is 2.19. The van der Waals surface area contributed by atoms with Gasteiger partial charge in [-0.2, -0.15) is 0 Å². The molecule has 4 nitrogen and oxygen atoms in total. The molecule has 0 saturated carbocycles. The van der Waals surface area contributed by atoms with Gasteiger partial charge in [0.1, 0.15) is 5.82 Å². The van der Waals surface area contributed by atoms with E-state index in [4.69, 9.17) is 0 Å². The van der Waals surface area contributed by atoms with E-state index < -0.39 is 0 Å². The fourth-order valence-corrected chi connectivity index (χ4v) is 2.19. The second-order valence-electron chi connectivity index (χ2n) is 5.97. The molecule has 5 heteroatoms. The molecule has 2 N–H and O–H groups in total. The van der Waals surface area contributed by atoms with E-state index in [1.807, 2.05) is 13.8 Å². The minimum absolute atomic E-state index is 0.0333. The van der Waals surface area contributed by atoms with Gasteiger partial charge in [-0.3, -0.25) is 9.59 Å². The Hall–Kier alpha value is -2.95. The first kappa shape index (κ1) is 18.4. The Morgan fingerprint density at radius 3 is 2.28 bits per heavy atom. The number of benzene rings is 2. The summed E-state index contributed by atoms with van der Waals surface area (Å²) in [6.45, 7) is 3.83. The number of rotatable bonds is 6. The van der Waals surface area contributed by atoms with Crippen molar-refractivity contribution in [2.75, 3.05) is 5.32 Å². The molecule has 25 heavy (non-hydrogen) atoms. The van der Waals surface area contributed by atoms with E-state index in [2.05, 4.69) is 10.6 Å². The van der Waals surface area contributed by atoms with Crippen LogP contribution in [0.25, 0.3) is 6.08 Å². The molecule has 0 fully saturated rings.